The zero-order chi connectivity index (χ0) is 11.8. The molecule has 4 N–H and O–H groups in total. The summed E-state index contributed by atoms with van der Waals surface area (Å²) in [6.07, 6.45) is 6.80. The van der Waals surface area contributed by atoms with Crippen molar-refractivity contribution in [2.24, 2.45) is 11.5 Å². The fourth-order valence-electron chi connectivity index (χ4n) is 2.46. The number of carbonyl (C=O) groups excluding carboxylic acids is 1. The first-order chi connectivity index (χ1) is 7.57. The summed E-state index contributed by atoms with van der Waals surface area (Å²) in [7, 11) is 0. The van der Waals surface area contributed by atoms with Gasteiger partial charge in [0, 0.05) is 24.9 Å². The maximum Gasteiger partial charge on any atom is 0.237 e. The second kappa shape index (κ2) is 3.90. The lowest BCUT2D eigenvalue weighted by atomic mass is 9.98. The Labute approximate surface area is 94.8 Å². The minimum Gasteiger partial charge on any atom is -0.368 e. The minimum absolute atomic E-state index is 0.259. The van der Waals surface area contributed by atoms with Crippen LogP contribution < -0.4 is 11.5 Å². The molecule has 2 atom stereocenters. The van der Waals surface area contributed by atoms with E-state index in [1.165, 1.54) is 0 Å². The predicted octanol–water partition coefficient (Wildman–Crippen LogP) is 0.353. The SMILES string of the molecule is CCc1nccn1C1CCC(N)(C(N)=O)C1. The maximum absolute atomic E-state index is 11.3. The van der Waals surface area contributed by atoms with Gasteiger partial charge in [0.25, 0.3) is 0 Å². The molecule has 5 nitrogen and oxygen atoms in total. The van der Waals surface area contributed by atoms with E-state index in [9.17, 15) is 4.79 Å². The largest absolute Gasteiger partial charge is 0.368 e. The average Bonchev–Trinajstić information content (AvgIpc) is 2.83. The molecule has 1 aliphatic carbocycles. The van der Waals surface area contributed by atoms with Gasteiger partial charge in [-0.1, -0.05) is 6.92 Å². The number of amides is 1. The van der Waals surface area contributed by atoms with E-state index in [1.54, 1.807) is 6.20 Å². The maximum atomic E-state index is 11.3. The lowest BCUT2D eigenvalue weighted by molar-refractivity contribution is -0.123. The summed E-state index contributed by atoms with van der Waals surface area (Å²) in [6, 6.07) is 0.259. The summed E-state index contributed by atoms with van der Waals surface area (Å²) in [5, 5.41) is 0. The highest BCUT2D eigenvalue weighted by Crippen LogP contribution is 2.36. The van der Waals surface area contributed by atoms with Crippen LogP contribution in [0.5, 0.6) is 0 Å². The van der Waals surface area contributed by atoms with E-state index in [1.807, 2.05) is 6.20 Å². The van der Waals surface area contributed by atoms with Gasteiger partial charge in [-0.15, -0.1) is 0 Å². The van der Waals surface area contributed by atoms with E-state index in [0.717, 1.165) is 18.7 Å². The number of hydrogen-bond donors (Lipinski definition) is 2. The normalized spacial score (nSPS) is 29.5. The summed E-state index contributed by atoms with van der Waals surface area (Å²) in [4.78, 5) is 15.5. The van der Waals surface area contributed by atoms with Crippen molar-refractivity contribution in [2.75, 3.05) is 0 Å². The van der Waals surface area contributed by atoms with Crippen LogP contribution in [0.4, 0.5) is 0 Å². The molecule has 88 valence electrons. The molecule has 1 heterocycles. The fourth-order valence-corrected chi connectivity index (χ4v) is 2.46. The Morgan fingerprint density at radius 2 is 2.50 bits per heavy atom. The summed E-state index contributed by atoms with van der Waals surface area (Å²) in [5.41, 5.74) is 10.5. The molecule has 2 rings (SSSR count). The average molecular weight is 222 g/mol. The van der Waals surface area contributed by atoms with Crippen LogP contribution in [0.15, 0.2) is 12.4 Å². The Morgan fingerprint density at radius 1 is 1.75 bits per heavy atom. The van der Waals surface area contributed by atoms with Gasteiger partial charge in [0.05, 0.1) is 5.54 Å². The molecule has 0 radical (unpaired) electrons. The van der Waals surface area contributed by atoms with Crippen LogP contribution in [-0.2, 0) is 11.2 Å². The standard InChI is InChI=1S/C11H18N4O/c1-2-9-14-5-6-15(9)8-3-4-11(13,7-8)10(12)16/h5-6,8H,2-4,7,13H2,1H3,(H2,12,16). The van der Waals surface area contributed by atoms with Gasteiger partial charge in [0.1, 0.15) is 5.82 Å². The molecule has 0 bridgehead atoms. The highest BCUT2D eigenvalue weighted by molar-refractivity contribution is 5.84. The number of imidazole rings is 1. The van der Waals surface area contributed by atoms with Crippen molar-refractivity contribution in [2.45, 2.75) is 44.2 Å². The number of primary amides is 1. The molecule has 1 aromatic heterocycles. The van der Waals surface area contributed by atoms with E-state index in [0.29, 0.717) is 12.8 Å². The van der Waals surface area contributed by atoms with Crippen molar-refractivity contribution in [3.05, 3.63) is 18.2 Å². The van der Waals surface area contributed by atoms with Crippen molar-refractivity contribution in [3.63, 3.8) is 0 Å². The van der Waals surface area contributed by atoms with Gasteiger partial charge in [0.15, 0.2) is 0 Å². The van der Waals surface area contributed by atoms with Gasteiger partial charge in [-0.05, 0) is 19.3 Å². The number of aromatic nitrogens is 2. The molecule has 1 aromatic rings. The van der Waals surface area contributed by atoms with Crippen LogP contribution in [0.3, 0.4) is 0 Å². The molecule has 16 heavy (non-hydrogen) atoms. The monoisotopic (exact) mass is 222 g/mol. The smallest absolute Gasteiger partial charge is 0.237 e. The quantitative estimate of drug-likeness (QED) is 0.773. The number of nitrogens with two attached hydrogens (primary N) is 2. The zero-order valence-electron chi connectivity index (χ0n) is 9.52. The Morgan fingerprint density at radius 3 is 3.06 bits per heavy atom. The van der Waals surface area contributed by atoms with Crippen molar-refractivity contribution >= 4 is 5.91 Å². The highest BCUT2D eigenvalue weighted by Gasteiger charge is 2.41. The van der Waals surface area contributed by atoms with Crippen molar-refractivity contribution in [1.29, 1.82) is 0 Å². The van der Waals surface area contributed by atoms with Gasteiger partial charge < -0.3 is 16.0 Å². The molecule has 2 unspecified atom stereocenters. The molecular weight excluding hydrogens is 204 g/mol. The molecule has 1 amide bonds. The Hall–Kier alpha value is -1.36. The van der Waals surface area contributed by atoms with Crippen molar-refractivity contribution in [1.82, 2.24) is 9.55 Å². The fraction of sp³-hybridized carbons (Fsp3) is 0.636. The van der Waals surface area contributed by atoms with Gasteiger partial charge in [0.2, 0.25) is 5.91 Å². The summed E-state index contributed by atoms with van der Waals surface area (Å²) < 4.78 is 2.12. The number of aryl methyl sites for hydroxylation is 1. The Bertz CT molecular complexity index is 400. The summed E-state index contributed by atoms with van der Waals surface area (Å²) in [5.74, 6) is 0.645. The third-order valence-electron chi connectivity index (χ3n) is 3.47. The van der Waals surface area contributed by atoms with Gasteiger partial charge in [-0.3, -0.25) is 4.79 Å². The van der Waals surface area contributed by atoms with Crippen LogP contribution in [0.2, 0.25) is 0 Å². The third kappa shape index (κ3) is 1.71. The van der Waals surface area contributed by atoms with Crippen LogP contribution in [0, 0.1) is 0 Å². The molecule has 1 aliphatic rings. The Balaban J connectivity index is 2.18. The van der Waals surface area contributed by atoms with Gasteiger partial charge in [-0.25, -0.2) is 4.98 Å². The number of rotatable bonds is 3. The number of carbonyl (C=O) groups is 1. The molecule has 1 saturated carbocycles. The van der Waals surface area contributed by atoms with Gasteiger partial charge in [-0.2, -0.15) is 0 Å². The first kappa shape index (κ1) is 11.1. The molecule has 0 aliphatic heterocycles. The summed E-state index contributed by atoms with van der Waals surface area (Å²) >= 11 is 0. The number of nitrogens with zero attached hydrogens (tertiary/aromatic N) is 2. The van der Waals surface area contributed by atoms with Crippen LogP contribution in [-0.4, -0.2) is 21.0 Å². The first-order valence-corrected chi connectivity index (χ1v) is 5.67. The zero-order valence-corrected chi connectivity index (χ0v) is 9.52. The van der Waals surface area contributed by atoms with Gasteiger partial charge >= 0.3 is 0 Å². The van der Waals surface area contributed by atoms with E-state index in [2.05, 4.69) is 16.5 Å². The highest BCUT2D eigenvalue weighted by atomic mass is 16.1. The Kier molecular flexibility index (Phi) is 2.71. The summed E-state index contributed by atoms with van der Waals surface area (Å²) in [6.45, 7) is 2.07. The lowest BCUT2D eigenvalue weighted by Gasteiger charge is -2.20. The van der Waals surface area contributed by atoms with E-state index in [-0.39, 0.29) is 6.04 Å². The van der Waals surface area contributed by atoms with Crippen LogP contribution in [0.25, 0.3) is 0 Å². The van der Waals surface area contributed by atoms with E-state index < -0.39 is 11.4 Å². The first-order valence-electron chi connectivity index (χ1n) is 5.67. The molecular formula is C11H18N4O. The molecule has 1 fully saturated rings. The van der Waals surface area contributed by atoms with E-state index >= 15 is 0 Å². The predicted molar refractivity (Wildman–Crippen MR) is 60.6 cm³/mol. The molecule has 0 aromatic carbocycles. The molecule has 0 spiro atoms. The second-order valence-corrected chi connectivity index (χ2v) is 4.52. The molecule has 0 saturated heterocycles. The van der Waals surface area contributed by atoms with E-state index in [4.69, 9.17) is 11.5 Å². The third-order valence-corrected chi connectivity index (χ3v) is 3.47. The second-order valence-electron chi connectivity index (χ2n) is 4.52. The van der Waals surface area contributed by atoms with Crippen molar-refractivity contribution < 1.29 is 4.79 Å². The number of hydrogen-bond acceptors (Lipinski definition) is 3. The lowest BCUT2D eigenvalue weighted by Crippen LogP contribution is -2.49. The topological polar surface area (TPSA) is 86.9 Å². The van der Waals surface area contributed by atoms with Crippen LogP contribution in [0.1, 0.15) is 38.1 Å². The van der Waals surface area contributed by atoms with Crippen molar-refractivity contribution in [3.8, 4) is 0 Å². The minimum atomic E-state index is -0.833. The molecule has 5 heteroatoms. The van der Waals surface area contributed by atoms with Crippen LogP contribution >= 0.6 is 0 Å².